The molecule has 0 unspecified atom stereocenters. The lowest BCUT2D eigenvalue weighted by Gasteiger charge is -2.21. The summed E-state index contributed by atoms with van der Waals surface area (Å²) in [5.41, 5.74) is 16.4. The van der Waals surface area contributed by atoms with Gasteiger partial charge in [-0.15, -0.1) is 0 Å². The summed E-state index contributed by atoms with van der Waals surface area (Å²) in [6, 6.07) is 0. The van der Waals surface area contributed by atoms with Crippen LogP contribution in [-0.2, 0) is 54.8 Å². The standard InChI is InChI=1S/C9H24N4.6CH6O6P2/c10-4-1-7-13(8-2-5-11)9-3-6-12;6*2-8(3,4)1-9(5,6)7/h1-12H2;6*1H2,(H2,2,3,4)(H2,5,6,7). The van der Waals surface area contributed by atoms with Crippen LogP contribution < -0.4 is 17.2 Å². The molecule has 0 heterocycles. The second-order valence-corrected chi connectivity index (χ2v) is 34.8. The van der Waals surface area contributed by atoms with Crippen molar-refractivity contribution in [3.05, 3.63) is 0 Å². The molecule has 40 nitrogen and oxygen atoms in total. The van der Waals surface area contributed by atoms with Gasteiger partial charge in [0.15, 0.2) is 35.4 Å². The van der Waals surface area contributed by atoms with Crippen LogP contribution in [0.2, 0.25) is 0 Å². The molecule has 0 saturated carbocycles. The lowest BCUT2D eigenvalue weighted by atomic mass is 10.3. The monoisotopic (exact) mass is 1240 g/mol. The van der Waals surface area contributed by atoms with Crippen LogP contribution in [0.3, 0.4) is 0 Å². The van der Waals surface area contributed by atoms with Crippen LogP contribution in [0, 0.1) is 0 Å². The number of nitrogens with two attached hydrogens (primary N) is 3. The Hall–Kier alpha value is 1.64. The number of hydrogen-bond donors (Lipinski definition) is 27. The van der Waals surface area contributed by atoms with Crippen molar-refractivity contribution in [1.29, 1.82) is 0 Å². The molecule has 52 heteroatoms. The van der Waals surface area contributed by atoms with Crippen LogP contribution in [0.4, 0.5) is 0 Å². The normalized spacial score (nSPS) is 13.3. The highest BCUT2D eigenvalue weighted by Crippen LogP contribution is 2.54. The molecular weight excluding hydrogens is 1180 g/mol. The Labute approximate surface area is 378 Å². The Morgan fingerprint density at radius 1 is 0.224 bits per heavy atom. The molecule has 0 saturated heterocycles. The van der Waals surface area contributed by atoms with Crippen molar-refractivity contribution in [2.24, 2.45) is 17.2 Å². The topological polar surface area (TPSA) is 772 Å². The van der Waals surface area contributed by atoms with Crippen LogP contribution in [0.25, 0.3) is 0 Å². The van der Waals surface area contributed by atoms with Crippen molar-refractivity contribution in [1.82, 2.24) is 4.90 Å². The number of nitrogens with zero attached hydrogens (tertiary/aromatic N) is 1. The highest BCUT2D eigenvalue weighted by Gasteiger charge is 2.30. The van der Waals surface area contributed by atoms with Crippen LogP contribution >= 0.6 is 91.1 Å². The summed E-state index contributed by atoms with van der Waals surface area (Å²) < 4.78 is 118. The van der Waals surface area contributed by atoms with E-state index in [-0.39, 0.29) is 0 Å². The zero-order valence-electron chi connectivity index (χ0n) is 33.8. The van der Waals surface area contributed by atoms with Crippen molar-refractivity contribution >= 4 is 91.1 Å². The van der Waals surface area contributed by atoms with Gasteiger partial charge in [0.1, 0.15) is 0 Å². The van der Waals surface area contributed by atoms with E-state index >= 15 is 0 Å². The van der Waals surface area contributed by atoms with Crippen molar-refractivity contribution < 1.29 is 172 Å². The first kappa shape index (κ1) is 82.7. The predicted octanol–water partition coefficient (Wildman–Crippen LogP) is -4.87. The van der Waals surface area contributed by atoms with Crippen molar-refractivity contribution in [2.75, 3.05) is 74.7 Å². The van der Waals surface area contributed by atoms with Gasteiger partial charge in [-0.05, 0) is 58.5 Å². The summed E-state index contributed by atoms with van der Waals surface area (Å²) in [6.07, 6.45) is 3.19. The molecule has 0 aromatic rings. The maximum atomic E-state index is 9.85. The van der Waals surface area contributed by atoms with E-state index in [1.807, 2.05) is 0 Å². The molecule has 416 valence electrons. The third-order valence-electron chi connectivity index (χ3n) is 4.25. The molecule has 0 rings (SSSR count). The third kappa shape index (κ3) is 118. The van der Waals surface area contributed by atoms with E-state index in [1.165, 1.54) is 0 Å². The van der Waals surface area contributed by atoms with Gasteiger partial charge in [0.25, 0.3) is 0 Å². The Balaban J connectivity index is -0.000000126. The first-order chi connectivity index (χ1) is 28.6. The summed E-state index contributed by atoms with van der Waals surface area (Å²) in [5, 5.41) is 0. The second-order valence-electron chi connectivity index (χ2n) is 12.1. The van der Waals surface area contributed by atoms with E-state index in [1.54, 1.807) is 0 Å². The second kappa shape index (κ2) is 35.8. The Morgan fingerprint density at radius 2 is 0.313 bits per heavy atom. The molecule has 0 spiro atoms. The fourth-order valence-corrected chi connectivity index (χ4v) is 14.2. The molecular formula is C15H60N4O36P12. The SMILES string of the molecule is NCCCN(CCCN)CCCN.O=P(O)(O)CP(=O)(O)O.O=P(O)(O)CP(=O)(O)O.O=P(O)(O)CP(=O)(O)O.O=P(O)(O)CP(=O)(O)O.O=P(O)(O)CP(=O)(O)O.O=P(O)(O)CP(=O)(O)O. The molecule has 0 aliphatic heterocycles. The summed E-state index contributed by atoms with van der Waals surface area (Å²) in [4.78, 5) is 194. The molecule has 0 amide bonds. The minimum atomic E-state index is -4.55. The smallest absolute Gasteiger partial charge is 0.330 e. The Bertz CT molecular complexity index is 1460. The summed E-state index contributed by atoms with van der Waals surface area (Å²) in [7, 11) is -54.6. The molecule has 0 atom stereocenters. The van der Waals surface area contributed by atoms with Gasteiger partial charge in [-0.1, -0.05) is 0 Å². The van der Waals surface area contributed by atoms with Crippen molar-refractivity contribution in [2.45, 2.75) is 19.3 Å². The average molecular weight is 1240 g/mol. The van der Waals surface area contributed by atoms with Gasteiger partial charge in [0.2, 0.25) is 0 Å². The van der Waals surface area contributed by atoms with Crippen molar-refractivity contribution in [3.8, 4) is 0 Å². The number of hydrogen-bond acceptors (Lipinski definition) is 16. The molecule has 0 bridgehead atoms. The van der Waals surface area contributed by atoms with Gasteiger partial charge in [-0.2, -0.15) is 0 Å². The molecule has 67 heavy (non-hydrogen) atoms. The predicted molar refractivity (Wildman–Crippen MR) is 231 cm³/mol. The Kier molecular flexibility index (Phi) is 44.1. The van der Waals surface area contributed by atoms with Gasteiger partial charge < -0.3 is 140 Å². The Morgan fingerprint density at radius 3 is 0.358 bits per heavy atom. The third-order valence-corrected chi connectivity index (χ3v) is 21.9. The van der Waals surface area contributed by atoms with Crippen LogP contribution in [0.1, 0.15) is 19.3 Å². The minimum Gasteiger partial charge on any atom is -0.330 e. The minimum absolute atomic E-state index is 0.766. The first-order valence-electron chi connectivity index (χ1n) is 16.0. The lowest BCUT2D eigenvalue weighted by molar-refractivity contribution is 0.268. The largest absolute Gasteiger partial charge is 0.337 e. The maximum absolute atomic E-state index is 9.85. The zero-order valence-corrected chi connectivity index (χ0v) is 44.5. The van der Waals surface area contributed by atoms with Crippen LogP contribution in [0.15, 0.2) is 0 Å². The highest BCUT2D eigenvalue weighted by molar-refractivity contribution is 7.71. The summed E-state index contributed by atoms with van der Waals surface area (Å²) in [5.74, 6) is -8.25. The van der Waals surface area contributed by atoms with Gasteiger partial charge in [-0.25, -0.2) is 0 Å². The first-order valence-corrected chi connectivity index (χ1v) is 37.5. The van der Waals surface area contributed by atoms with Crippen LogP contribution in [-0.4, -0.2) is 197 Å². The van der Waals surface area contributed by atoms with E-state index < -0.39 is 127 Å². The lowest BCUT2D eigenvalue weighted by Crippen LogP contribution is -2.30. The van der Waals surface area contributed by atoms with Gasteiger partial charge in [0.05, 0.1) is 0 Å². The number of rotatable bonds is 21. The van der Waals surface area contributed by atoms with E-state index in [0.29, 0.717) is 0 Å². The molecule has 0 radical (unpaired) electrons. The van der Waals surface area contributed by atoms with E-state index in [2.05, 4.69) is 4.90 Å². The highest BCUT2D eigenvalue weighted by atomic mass is 31.3. The van der Waals surface area contributed by atoms with E-state index in [0.717, 1.165) is 58.5 Å². The van der Waals surface area contributed by atoms with Gasteiger partial charge in [-0.3, -0.25) is 54.8 Å². The summed E-state index contributed by atoms with van der Waals surface area (Å²) in [6.45, 7) is 5.54. The van der Waals surface area contributed by atoms with Gasteiger partial charge in [0, 0.05) is 0 Å². The van der Waals surface area contributed by atoms with Gasteiger partial charge >= 0.3 is 91.1 Å². The molecule has 0 aliphatic rings. The van der Waals surface area contributed by atoms with E-state index in [9.17, 15) is 54.8 Å². The molecule has 0 aliphatic carbocycles. The maximum Gasteiger partial charge on any atom is 0.337 e. The summed E-state index contributed by atoms with van der Waals surface area (Å²) >= 11 is 0. The van der Waals surface area contributed by atoms with E-state index in [4.69, 9.17) is 135 Å². The quantitative estimate of drug-likeness (QED) is 0.0479. The fraction of sp³-hybridized carbons (Fsp3) is 1.00. The van der Waals surface area contributed by atoms with Crippen LogP contribution in [0.5, 0.6) is 0 Å². The molecule has 0 aromatic heterocycles. The molecule has 0 fully saturated rings. The van der Waals surface area contributed by atoms with Crippen molar-refractivity contribution in [3.63, 3.8) is 0 Å². The molecule has 0 aromatic carbocycles. The average Bonchev–Trinajstić information content (AvgIpc) is 2.87. The molecule has 30 N–H and O–H groups in total. The zero-order chi connectivity index (χ0) is 56.2. The fourth-order valence-electron chi connectivity index (χ4n) is 2.72.